The summed E-state index contributed by atoms with van der Waals surface area (Å²) in [5.41, 5.74) is 0. The predicted molar refractivity (Wildman–Crippen MR) is 49.6 cm³/mol. The molecule has 3 unspecified atom stereocenters. The molecule has 1 rings (SSSR count). The first-order valence-electron chi connectivity index (χ1n) is 4.97. The lowest BCUT2D eigenvalue weighted by molar-refractivity contribution is 0.418. The molecule has 0 radical (unpaired) electrons. The fourth-order valence-corrected chi connectivity index (χ4v) is 1.42. The second-order valence-electron chi connectivity index (χ2n) is 4.08. The van der Waals surface area contributed by atoms with E-state index in [1.54, 1.807) is 0 Å². The molecule has 0 aromatic heterocycles. The Labute approximate surface area is 70.6 Å². The maximum atomic E-state index is 3.38. The van der Waals surface area contributed by atoms with Gasteiger partial charge in [0.25, 0.3) is 0 Å². The van der Waals surface area contributed by atoms with Crippen LogP contribution in [0.15, 0.2) is 0 Å². The molecule has 1 saturated heterocycles. The van der Waals surface area contributed by atoms with Crippen LogP contribution in [0, 0.1) is 11.8 Å². The zero-order chi connectivity index (χ0) is 8.27. The van der Waals surface area contributed by atoms with E-state index in [0.29, 0.717) is 0 Å². The Kier molecular flexibility index (Phi) is 3.38. The quantitative estimate of drug-likeness (QED) is 0.605. The van der Waals surface area contributed by atoms with Crippen LogP contribution >= 0.6 is 0 Å². The van der Waals surface area contributed by atoms with Crippen molar-refractivity contribution in [3.8, 4) is 0 Å². The standard InChI is InChI=1S/C10H21N/c1-4-8(2)5-6-9(3)10-7-11-10/h8-11H,4-7H2,1-3H3. The summed E-state index contributed by atoms with van der Waals surface area (Å²) in [6, 6.07) is 0.860. The van der Waals surface area contributed by atoms with Crippen LogP contribution in [0.1, 0.15) is 40.0 Å². The summed E-state index contributed by atoms with van der Waals surface area (Å²) in [6.45, 7) is 8.27. The molecule has 0 aromatic carbocycles. The first-order valence-corrected chi connectivity index (χ1v) is 4.97. The van der Waals surface area contributed by atoms with Gasteiger partial charge in [-0.3, -0.25) is 0 Å². The third-order valence-electron chi connectivity index (χ3n) is 2.94. The molecule has 1 nitrogen and oxygen atoms in total. The molecule has 0 spiro atoms. The number of hydrogen-bond acceptors (Lipinski definition) is 1. The van der Waals surface area contributed by atoms with Crippen molar-refractivity contribution in [3.63, 3.8) is 0 Å². The largest absolute Gasteiger partial charge is 0.311 e. The molecule has 1 heteroatoms. The van der Waals surface area contributed by atoms with Crippen LogP contribution in [0.5, 0.6) is 0 Å². The van der Waals surface area contributed by atoms with Crippen LogP contribution in [0.25, 0.3) is 0 Å². The molecule has 0 aliphatic carbocycles. The Bertz CT molecular complexity index is 107. The predicted octanol–water partition coefficient (Wildman–Crippen LogP) is 2.42. The van der Waals surface area contributed by atoms with Gasteiger partial charge in [-0.2, -0.15) is 0 Å². The van der Waals surface area contributed by atoms with Crippen LogP contribution in [0.2, 0.25) is 0 Å². The molecule has 0 aromatic rings. The molecular weight excluding hydrogens is 134 g/mol. The van der Waals surface area contributed by atoms with Crippen molar-refractivity contribution in [3.05, 3.63) is 0 Å². The highest BCUT2D eigenvalue weighted by molar-refractivity contribution is 4.87. The Morgan fingerprint density at radius 3 is 2.45 bits per heavy atom. The van der Waals surface area contributed by atoms with E-state index in [9.17, 15) is 0 Å². The summed E-state index contributed by atoms with van der Waals surface area (Å²) in [5.74, 6) is 1.83. The number of rotatable bonds is 5. The third-order valence-corrected chi connectivity index (χ3v) is 2.94. The summed E-state index contributed by atoms with van der Waals surface area (Å²) < 4.78 is 0. The van der Waals surface area contributed by atoms with Gasteiger partial charge in [0.1, 0.15) is 0 Å². The van der Waals surface area contributed by atoms with Crippen LogP contribution in [0.3, 0.4) is 0 Å². The average molecular weight is 155 g/mol. The minimum absolute atomic E-state index is 0.860. The maximum Gasteiger partial charge on any atom is 0.0218 e. The summed E-state index contributed by atoms with van der Waals surface area (Å²) in [7, 11) is 0. The zero-order valence-electron chi connectivity index (χ0n) is 8.06. The average Bonchev–Trinajstić information content (AvgIpc) is 2.81. The highest BCUT2D eigenvalue weighted by atomic mass is 15.1. The number of hydrogen-bond donors (Lipinski definition) is 1. The molecule has 1 aliphatic rings. The normalized spacial score (nSPS) is 28.1. The van der Waals surface area contributed by atoms with Gasteiger partial charge < -0.3 is 5.32 Å². The Morgan fingerprint density at radius 1 is 1.36 bits per heavy atom. The second kappa shape index (κ2) is 4.10. The van der Waals surface area contributed by atoms with Crippen LogP contribution in [-0.2, 0) is 0 Å². The monoisotopic (exact) mass is 155 g/mol. The SMILES string of the molecule is CCC(C)CCC(C)C1CN1. The van der Waals surface area contributed by atoms with Crippen LogP contribution in [0.4, 0.5) is 0 Å². The highest BCUT2D eigenvalue weighted by Gasteiger charge is 2.26. The van der Waals surface area contributed by atoms with Crippen LogP contribution in [-0.4, -0.2) is 12.6 Å². The summed E-state index contributed by atoms with van der Waals surface area (Å²) in [5, 5.41) is 3.38. The van der Waals surface area contributed by atoms with E-state index in [1.807, 2.05) is 0 Å². The van der Waals surface area contributed by atoms with Crippen molar-refractivity contribution >= 4 is 0 Å². The van der Waals surface area contributed by atoms with Crippen molar-refractivity contribution in [1.29, 1.82) is 0 Å². The molecule has 0 bridgehead atoms. The van der Waals surface area contributed by atoms with Crippen molar-refractivity contribution in [2.45, 2.75) is 46.1 Å². The molecule has 1 N–H and O–H groups in total. The van der Waals surface area contributed by atoms with Crippen LogP contribution < -0.4 is 5.32 Å². The second-order valence-corrected chi connectivity index (χ2v) is 4.08. The van der Waals surface area contributed by atoms with Gasteiger partial charge in [0.15, 0.2) is 0 Å². The summed E-state index contributed by atoms with van der Waals surface area (Å²) >= 11 is 0. The van der Waals surface area contributed by atoms with E-state index >= 15 is 0 Å². The maximum absolute atomic E-state index is 3.38. The first-order chi connectivity index (χ1) is 5.24. The fraction of sp³-hybridized carbons (Fsp3) is 1.00. The molecule has 0 saturated carbocycles. The van der Waals surface area contributed by atoms with Gasteiger partial charge in [0, 0.05) is 12.6 Å². The van der Waals surface area contributed by atoms with E-state index in [-0.39, 0.29) is 0 Å². The van der Waals surface area contributed by atoms with E-state index in [0.717, 1.165) is 17.9 Å². The summed E-state index contributed by atoms with van der Waals surface area (Å²) in [6.07, 6.45) is 4.16. The lowest BCUT2D eigenvalue weighted by atomic mass is 9.94. The van der Waals surface area contributed by atoms with E-state index in [1.165, 1.54) is 25.8 Å². The highest BCUT2D eigenvalue weighted by Crippen LogP contribution is 2.20. The molecule has 1 fully saturated rings. The Hall–Kier alpha value is -0.0400. The van der Waals surface area contributed by atoms with Crippen molar-refractivity contribution < 1.29 is 0 Å². The molecule has 0 amide bonds. The molecule has 1 aliphatic heterocycles. The van der Waals surface area contributed by atoms with Gasteiger partial charge in [-0.05, 0) is 18.3 Å². The van der Waals surface area contributed by atoms with Gasteiger partial charge in [-0.1, -0.05) is 33.6 Å². The van der Waals surface area contributed by atoms with Crippen molar-refractivity contribution in [2.75, 3.05) is 6.54 Å². The number of nitrogens with one attached hydrogen (secondary N) is 1. The van der Waals surface area contributed by atoms with E-state index in [2.05, 4.69) is 26.1 Å². The van der Waals surface area contributed by atoms with Gasteiger partial charge >= 0.3 is 0 Å². The zero-order valence-corrected chi connectivity index (χ0v) is 8.06. The molecule has 1 heterocycles. The lowest BCUT2D eigenvalue weighted by Gasteiger charge is -2.12. The van der Waals surface area contributed by atoms with Crippen molar-refractivity contribution in [1.82, 2.24) is 5.32 Å². The van der Waals surface area contributed by atoms with Gasteiger partial charge in [-0.25, -0.2) is 0 Å². The van der Waals surface area contributed by atoms with Gasteiger partial charge in [0.2, 0.25) is 0 Å². The Morgan fingerprint density at radius 2 is 2.00 bits per heavy atom. The molecule has 11 heavy (non-hydrogen) atoms. The lowest BCUT2D eigenvalue weighted by Crippen LogP contribution is -2.07. The van der Waals surface area contributed by atoms with Gasteiger partial charge in [-0.15, -0.1) is 0 Å². The van der Waals surface area contributed by atoms with Gasteiger partial charge in [0.05, 0.1) is 0 Å². The third kappa shape index (κ3) is 3.24. The fourth-order valence-electron chi connectivity index (χ4n) is 1.42. The Balaban J connectivity index is 2.00. The first kappa shape index (κ1) is 9.05. The summed E-state index contributed by atoms with van der Waals surface area (Å²) in [4.78, 5) is 0. The minimum Gasteiger partial charge on any atom is -0.311 e. The topological polar surface area (TPSA) is 21.9 Å². The van der Waals surface area contributed by atoms with Crippen molar-refractivity contribution in [2.24, 2.45) is 11.8 Å². The minimum atomic E-state index is 0.860. The van der Waals surface area contributed by atoms with E-state index in [4.69, 9.17) is 0 Å². The molecule has 3 atom stereocenters. The molecular formula is C10H21N. The smallest absolute Gasteiger partial charge is 0.0218 e. The van der Waals surface area contributed by atoms with E-state index < -0.39 is 0 Å². The molecule has 66 valence electrons.